The Morgan fingerprint density at radius 3 is 2.09 bits per heavy atom. The maximum Gasteiger partial charge on any atom is 0.407 e. The molecule has 16 nitrogen and oxygen atoms in total. The van der Waals surface area contributed by atoms with Crippen LogP contribution in [0.3, 0.4) is 0 Å². The molecule has 10 atom stereocenters. The van der Waals surface area contributed by atoms with Crippen molar-refractivity contribution in [3.05, 3.63) is 60.2 Å². The van der Waals surface area contributed by atoms with E-state index in [4.69, 9.17) is 86.9 Å². The van der Waals surface area contributed by atoms with Gasteiger partial charge in [0, 0.05) is 32.8 Å². The lowest BCUT2D eigenvalue weighted by Gasteiger charge is -2.48. The molecule has 2 aromatic rings. The van der Waals surface area contributed by atoms with Crippen LogP contribution in [0.4, 0.5) is 4.79 Å². The molecule has 2 aromatic carbocycles. The SMILES string of the molecule is COc1ccc(O[C@@H]2OC3COC(c4ccccc4)O[C@@H]3C[C@@H]2O[C@@H]2OC(COC(C)=O)[C@@H](OC(C)=O)C(OC(C)=O)[C@@H]2NC(=O)OCC(Cl)(Cl)Cl)cc1. The van der Waals surface area contributed by atoms with E-state index in [0.717, 1.165) is 19.4 Å². The van der Waals surface area contributed by atoms with Crippen LogP contribution >= 0.6 is 34.8 Å². The quantitative estimate of drug-likeness (QED) is 0.182. The second-order valence-electron chi connectivity index (χ2n) is 12.4. The number of carbonyl (C=O) groups is 4. The Hall–Kier alpha value is -3.61. The third-order valence-electron chi connectivity index (χ3n) is 8.25. The van der Waals surface area contributed by atoms with Crippen molar-refractivity contribution < 1.29 is 71.3 Å². The van der Waals surface area contributed by atoms with Crippen molar-refractivity contribution in [3.8, 4) is 11.5 Å². The summed E-state index contributed by atoms with van der Waals surface area (Å²) in [5.41, 5.74) is 0.785. The number of halogens is 3. The number of fused-ring (bicyclic) bond motifs is 1. The van der Waals surface area contributed by atoms with Gasteiger partial charge in [-0.05, 0) is 24.3 Å². The number of ether oxygens (including phenoxy) is 11. The van der Waals surface area contributed by atoms with Gasteiger partial charge in [0.15, 0.2) is 24.8 Å². The fraction of sp³-hybridized carbons (Fsp3) is 0.543. The molecule has 4 unspecified atom stereocenters. The van der Waals surface area contributed by atoms with Crippen molar-refractivity contribution in [1.82, 2.24) is 5.32 Å². The minimum atomic E-state index is -1.97. The number of nitrogens with one attached hydrogen (secondary N) is 1. The first-order valence-electron chi connectivity index (χ1n) is 16.8. The average molecular weight is 821 g/mol. The Bertz CT molecular complexity index is 1580. The Balaban J connectivity index is 1.49. The summed E-state index contributed by atoms with van der Waals surface area (Å²) in [6, 6.07) is 14.6. The van der Waals surface area contributed by atoms with Gasteiger partial charge in [0.1, 0.15) is 49.1 Å². The van der Waals surface area contributed by atoms with E-state index in [2.05, 4.69) is 5.32 Å². The van der Waals surface area contributed by atoms with Crippen LogP contribution in [0.15, 0.2) is 54.6 Å². The van der Waals surface area contributed by atoms with E-state index in [9.17, 15) is 19.2 Å². The molecule has 0 spiro atoms. The molecular formula is C35H40Cl3NO15. The summed E-state index contributed by atoms with van der Waals surface area (Å²) in [6.45, 7) is 2.41. The monoisotopic (exact) mass is 819 g/mol. The highest BCUT2D eigenvalue weighted by molar-refractivity contribution is 6.67. The number of amides is 1. The van der Waals surface area contributed by atoms with Gasteiger partial charge in [0.05, 0.1) is 19.8 Å². The van der Waals surface area contributed by atoms with Crippen LogP contribution in [-0.4, -0.2) is 110 Å². The van der Waals surface area contributed by atoms with Crippen LogP contribution in [0.2, 0.25) is 0 Å². The zero-order valence-electron chi connectivity index (χ0n) is 29.6. The lowest BCUT2D eigenvalue weighted by molar-refractivity contribution is -0.354. The van der Waals surface area contributed by atoms with Crippen LogP contribution in [0.5, 0.6) is 11.5 Å². The number of alkyl halides is 3. The molecule has 1 N–H and O–H groups in total. The zero-order chi connectivity index (χ0) is 39.0. The molecule has 3 fully saturated rings. The zero-order valence-corrected chi connectivity index (χ0v) is 31.8. The van der Waals surface area contributed by atoms with E-state index in [1.165, 1.54) is 14.0 Å². The van der Waals surface area contributed by atoms with Crippen LogP contribution in [-0.2, 0) is 57.0 Å². The number of hydrogen-bond donors (Lipinski definition) is 1. The normalized spacial score (nSPS) is 29.5. The summed E-state index contributed by atoms with van der Waals surface area (Å²) < 4.78 is 62.6. The largest absolute Gasteiger partial charge is 0.497 e. The molecule has 3 aliphatic heterocycles. The number of benzene rings is 2. The fourth-order valence-corrected chi connectivity index (χ4v) is 6.14. The number of esters is 3. The Kier molecular flexibility index (Phi) is 14.5. The second-order valence-corrected chi connectivity index (χ2v) is 14.9. The fourth-order valence-electron chi connectivity index (χ4n) is 5.98. The summed E-state index contributed by atoms with van der Waals surface area (Å²) in [5, 5.41) is 2.53. The third-order valence-corrected chi connectivity index (χ3v) is 8.57. The first-order valence-corrected chi connectivity index (χ1v) is 17.9. The number of hydrogen-bond acceptors (Lipinski definition) is 15. The summed E-state index contributed by atoms with van der Waals surface area (Å²) in [7, 11) is 1.53. The molecule has 1 amide bonds. The molecule has 0 aromatic heterocycles. The highest BCUT2D eigenvalue weighted by atomic mass is 35.6. The topological polar surface area (TPSA) is 182 Å². The predicted octanol–water partition coefficient (Wildman–Crippen LogP) is 4.30. The first kappa shape index (κ1) is 41.6. The standard InChI is InChI=1S/C35H40Cl3NO15/c1-18(40)45-16-27-29(48-19(2)41)30(49-20(3)42)28(39-34(43)47-17-35(36,37)38)33(54-27)52-25-14-24-26(15-46-31(51-24)21-8-6-5-7-9-21)53-32(25)50-23-12-10-22(44-4)11-13-23/h5-13,24-33H,14-17H2,1-4H3,(H,39,43)/t24-,25+,26?,27?,28+,29-,30?,31?,32-,33-/m1/s1. The van der Waals surface area contributed by atoms with Gasteiger partial charge in [-0.15, -0.1) is 0 Å². The summed E-state index contributed by atoms with van der Waals surface area (Å²) in [5.74, 6) is -1.32. The van der Waals surface area contributed by atoms with Crippen molar-refractivity contribution in [2.75, 3.05) is 26.9 Å². The highest BCUT2D eigenvalue weighted by Gasteiger charge is 2.54. The first-order chi connectivity index (χ1) is 25.7. The Morgan fingerprint density at radius 1 is 0.796 bits per heavy atom. The van der Waals surface area contributed by atoms with Gasteiger partial charge in [0.2, 0.25) is 10.1 Å². The minimum Gasteiger partial charge on any atom is -0.497 e. The third kappa shape index (κ3) is 11.7. The van der Waals surface area contributed by atoms with Gasteiger partial charge >= 0.3 is 24.0 Å². The number of rotatable bonds is 12. The van der Waals surface area contributed by atoms with Crippen LogP contribution in [0.25, 0.3) is 0 Å². The Morgan fingerprint density at radius 2 is 1.46 bits per heavy atom. The lowest BCUT2D eigenvalue weighted by Crippen LogP contribution is -2.68. The average Bonchev–Trinajstić information content (AvgIpc) is 3.12. The number of alkyl carbamates (subject to hydrolysis) is 1. The maximum atomic E-state index is 13.1. The van der Waals surface area contributed by atoms with Gasteiger partial charge in [-0.2, -0.15) is 0 Å². The van der Waals surface area contributed by atoms with E-state index < -0.39 is 103 Å². The molecule has 0 aliphatic carbocycles. The van der Waals surface area contributed by atoms with Crippen molar-refractivity contribution in [2.45, 2.75) is 92.5 Å². The Labute approximate surface area is 325 Å². The van der Waals surface area contributed by atoms with Gasteiger partial charge in [0.25, 0.3) is 0 Å². The van der Waals surface area contributed by atoms with E-state index in [-0.39, 0.29) is 13.0 Å². The van der Waals surface area contributed by atoms with Crippen LogP contribution in [0, 0.1) is 0 Å². The molecule has 0 saturated carbocycles. The molecule has 54 heavy (non-hydrogen) atoms. The molecule has 296 valence electrons. The van der Waals surface area contributed by atoms with Crippen LogP contribution < -0.4 is 14.8 Å². The summed E-state index contributed by atoms with van der Waals surface area (Å²) in [6.07, 6.45) is -10.8. The molecule has 3 aliphatic rings. The van der Waals surface area contributed by atoms with Gasteiger partial charge in [-0.25, -0.2) is 4.79 Å². The molecule has 5 rings (SSSR count). The van der Waals surface area contributed by atoms with E-state index >= 15 is 0 Å². The van der Waals surface area contributed by atoms with Crippen molar-refractivity contribution >= 4 is 58.8 Å². The van der Waals surface area contributed by atoms with Crippen molar-refractivity contribution in [2.24, 2.45) is 0 Å². The van der Waals surface area contributed by atoms with E-state index in [1.807, 2.05) is 30.3 Å². The maximum absolute atomic E-state index is 13.1. The summed E-state index contributed by atoms with van der Waals surface area (Å²) >= 11 is 17.4. The smallest absolute Gasteiger partial charge is 0.407 e. The van der Waals surface area contributed by atoms with Crippen molar-refractivity contribution in [1.29, 1.82) is 0 Å². The van der Waals surface area contributed by atoms with Gasteiger partial charge in [-0.3, -0.25) is 14.4 Å². The number of carbonyl (C=O) groups excluding carboxylic acids is 4. The molecule has 3 heterocycles. The lowest BCUT2D eigenvalue weighted by atomic mass is 9.95. The predicted molar refractivity (Wildman–Crippen MR) is 187 cm³/mol. The van der Waals surface area contributed by atoms with Gasteiger partial charge < -0.3 is 57.4 Å². The number of methoxy groups -OCH3 is 1. The van der Waals surface area contributed by atoms with Crippen molar-refractivity contribution in [3.63, 3.8) is 0 Å². The van der Waals surface area contributed by atoms with Gasteiger partial charge in [-0.1, -0.05) is 65.1 Å². The molecular weight excluding hydrogens is 781 g/mol. The molecule has 19 heteroatoms. The highest BCUT2D eigenvalue weighted by Crippen LogP contribution is 2.38. The second kappa shape index (κ2) is 18.8. The summed E-state index contributed by atoms with van der Waals surface area (Å²) in [4.78, 5) is 49.8. The minimum absolute atomic E-state index is 0.142. The molecule has 3 saturated heterocycles. The van der Waals surface area contributed by atoms with Crippen LogP contribution in [0.1, 0.15) is 39.0 Å². The molecule has 0 radical (unpaired) electrons. The van der Waals surface area contributed by atoms with E-state index in [0.29, 0.717) is 11.5 Å². The van der Waals surface area contributed by atoms with E-state index in [1.54, 1.807) is 24.3 Å². The molecule has 0 bridgehead atoms.